The minimum Gasteiger partial charge on any atom is -0.320 e. The lowest BCUT2D eigenvalue weighted by Gasteiger charge is -2.15. The van der Waals surface area contributed by atoms with Gasteiger partial charge in [-0.05, 0) is 30.3 Å². The lowest BCUT2D eigenvalue weighted by molar-refractivity contribution is -0.143. The summed E-state index contributed by atoms with van der Waals surface area (Å²) in [6.45, 7) is 0. The van der Waals surface area contributed by atoms with Crippen molar-refractivity contribution in [3.05, 3.63) is 83.2 Å². The van der Waals surface area contributed by atoms with Crippen LogP contribution in [0.25, 0.3) is 22.4 Å². The van der Waals surface area contributed by atoms with Crippen LogP contribution in [-0.2, 0) is 6.18 Å². The molecule has 1 amide bonds. The van der Waals surface area contributed by atoms with Gasteiger partial charge in [0.05, 0.1) is 52.3 Å². The lowest BCUT2D eigenvalue weighted by Crippen LogP contribution is -2.21. The van der Waals surface area contributed by atoms with E-state index in [0.717, 1.165) is 23.1 Å². The van der Waals surface area contributed by atoms with Crippen molar-refractivity contribution in [3.8, 4) is 11.5 Å². The number of carbonyl (C=O) groups is 1. The Labute approximate surface area is 208 Å². The number of halogens is 6. The molecule has 0 aliphatic carbocycles. The van der Waals surface area contributed by atoms with Crippen LogP contribution in [0.1, 0.15) is 28.0 Å². The first-order valence-electron chi connectivity index (χ1n) is 10.3. The lowest BCUT2D eigenvalue weighted by atomic mass is 10.1. The van der Waals surface area contributed by atoms with E-state index in [-0.39, 0.29) is 33.1 Å². The van der Waals surface area contributed by atoms with Gasteiger partial charge in [0.15, 0.2) is 11.5 Å². The van der Waals surface area contributed by atoms with Crippen LogP contribution >= 0.6 is 11.6 Å². The number of benzene rings is 1. The van der Waals surface area contributed by atoms with Gasteiger partial charge in [-0.15, -0.1) is 4.80 Å². The highest BCUT2D eigenvalue weighted by molar-refractivity contribution is 6.32. The summed E-state index contributed by atoms with van der Waals surface area (Å²) in [6, 6.07) is 6.05. The van der Waals surface area contributed by atoms with Crippen LogP contribution in [0.2, 0.25) is 5.02 Å². The molecule has 0 aliphatic rings. The highest BCUT2D eigenvalue weighted by Crippen LogP contribution is 2.37. The number of rotatable bonds is 5. The second-order valence-corrected chi connectivity index (χ2v) is 7.90. The number of aromatic nitrogens is 7. The molecule has 0 aliphatic heterocycles. The predicted octanol–water partition coefficient (Wildman–Crippen LogP) is 5.26. The zero-order valence-corrected chi connectivity index (χ0v) is 18.9. The van der Waals surface area contributed by atoms with Gasteiger partial charge >= 0.3 is 6.18 Å². The van der Waals surface area contributed by atoms with Crippen LogP contribution in [0.3, 0.4) is 0 Å². The number of nitrogens with one attached hydrogen (secondary N) is 1. The molecule has 1 aromatic carbocycles. The average molecular weight is 535 g/mol. The molecule has 4 aromatic heterocycles. The first kappa shape index (κ1) is 24.2. The van der Waals surface area contributed by atoms with Crippen molar-refractivity contribution in [1.29, 1.82) is 0 Å². The SMILES string of the molecule is O=C(Nc1cnc(-n2nccn2)c(Cl)c1)c1cnn(-c2ccc(C(F)F)c3ncccc23)c1C(F)(F)F. The average Bonchev–Trinajstić information content (AvgIpc) is 3.54. The van der Waals surface area contributed by atoms with E-state index in [2.05, 4.69) is 30.6 Å². The summed E-state index contributed by atoms with van der Waals surface area (Å²) in [7, 11) is 0. The van der Waals surface area contributed by atoms with Crippen molar-refractivity contribution in [2.45, 2.75) is 12.6 Å². The van der Waals surface area contributed by atoms with E-state index in [4.69, 9.17) is 11.6 Å². The summed E-state index contributed by atoms with van der Waals surface area (Å²) in [6.07, 6.45) is -2.00. The van der Waals surface area contributed by atoms with Crippen molar-refractivity contribution in [1.82, 2.24) is 34.7 Å². The minimum atomic E-state index is -5.04. The molecule has 4 heterocycles. The topological polar surface area (TPSA) is 103 Å². The van der Waals surface area contributed by atoms with E-state index in [9.17, 15) is 26.7 Å². The molecule has 0 unspecified atom stereocenters. The van der Waals surface area contributed by atoms with Crippen LogP contribution in [0.4, 0.5) is 27.6 Å². The third-order valence-corrected chi connectivity index (χ3v) is 5.49. The molecule has 5 aromatic rings. The van der Waals surface area contributed by atoms with E-state index in [0.29, 0.717) is 4.68 Å². The van der Waals surface area contributed by atoms with Crippen LogP contribution in [0.5, 0.6) is 0 Å². The quantitative estimate of drug-likeness (QED) is 0.309. The molecule has 37 heavy (non-hydrogen) atoms. The van der Waals surface area contributed by atoms with Crippen LogP contribution in [0.15, 0.2) is 61.3 Å². The molecule has 0 saturated heterocycles. The molecule has 0 atom stereocenters. The number of pyridine rings is 2. The zero-order chi connectivity index (χ0) is 26.3. The number of nitrogens with zero attached hydrogens (tertiary/aromatic N) is 7. The summed E-state index contributed by atoms with van der Waals surface area (Å²) in [5.74, 6) is -1.01. The summed E-state index contributed by atoms with van der Waals surface area (Å²) in [5, 5.41) is 13.9. The Hall–Kier alpha value is -4.46. The van der Waals surface area contributed by atoms with E-state index in [1.807, 2.05) is 0 Å². The van der Waals surface area contributed by atoms with Crippen molar-refractivity contribution in [2.75, 3.05) is 5.32 Å². The number of hydrogen-bond acceptors (Lipinski definition) is 6. The normalized spacial score (nSPS) is 11.9. The summed E-state index contributed by atoms with van der Waals surface area (Å²) >= 11 is 6.16. The maximum atomic E-state index is 14.2. The number of alkyl halides is 5. The second kappa shape index (κ2) is 9.20. The third kappa shape index (κ3) is 4.46. The Morgan fingerprint density at radius 3 is 2.43 bits per heavy atom. The standard InChI is InChI=1S/C22H12ClF5N8O/c23-15-8-11(9-30-20(15)36-31-6-7-32-36)34-21(37)14-10-33-35(18(14)22(26,27)28)16-4-3-13(19(24)25)17-12(16)2-1-5-29-17/h1-10,19H,(H,34,37). The van der Waals surface area contributed by atoms with Crippen LogP contribution < -0.4 is 5.32 Å². The van der Waals surface area contributed by atoms with E-state index in [1.165, 1.54) is 43.0 Å². The minimum absolute atomic E-state index is 0.000315. The van der Waals surface area contributed by atoms with E-state index >= 15 is 0 Å². The van der Waals surface area contributed by atoms with Gasteiger partial charge in [0, 0.05) is 17.1 Å². The maximum Gasteiger partial charge on any atom is 0.434 e. The Kier molecular flexibility index (Phi) is 6.03. The van der Waals surface area contributed by atoms with Crippen LogP contribution in [0, 0.1) is 0 Å². The van der Waals surface area contributed by atoms with Gasteiger partial charge in [0.25, 0.3) is 12.3 Å². The van der Waals surface area contributed by atoms with Crippen molar-refractivity contribution >= 4 is 34.1 Å². The molecule has 1 N–H and O–H groups in total. The highest BCUT2D eigenvalue weighted by atomic mass is 35.5. The third-order valence-electron chi connectivity index (χ3n) is 5.21. The van der Waals surface area contributed by atoms with E-state index in [1.54, 1.807) is 0 Å². The van der Waals surface area contributed by atoms with Gasteiger partial charge in [0.2, 0.25) is 0 Å². The van der Waals surface area contributed by atoms with Gasteiger partial charge in [0.1, 0.15) is 0 Å². The Bertz CT molecular complexity index is 1620. The van der Waals surface area contributed by atoms with Gasteiger partial charge in [-0.3, -0.25) is 9.78 Å². The Morgan fingerprint density at radius 2 is 1.76 bits per heavy atom. The number of anilines is 1. The molecule has 0 fully saturated rings. The monoisotopic (exact) mass is 534 g/mol. The molecule has 0 spiro atoms. The van der Waals surface area contributed by atoms with Gasteiger partial charge in [-0.2, -0.15) is 28.5 Å². The molecule has 0 radical (unpaired) electrons. The summed E-state index contributed by atoms with van der Waals surface area (Å²) in [4.78, 5) is 21.9. The zero-order valence-electron chi connectivity index (χ0n) is 18.2. The van der Waals surface area contributed by atoms with Crippen molar-refractivity contribution in [3.63, 3.8) is 0 Å². The fourth-order valence-electron chi connectivity index (χ4n) is 3.68. The molecular formula is C22H12ClF5N8O. The largest absolute Gasteiger partial charge is 0.434 e. The molecule has 0 bridgehead atoms. The second-order valence-electron chi connectivity index (χ2n) is 7.49. The van der Waals surface area contributed by atoms with E-state index < -0.39 is 35.3 Å². The molecular weight excluding hydrogens is 523 g/mol. The molecule has 188 valence electrons. The van der Waals surface area contributed by atoms with Gasteiger partial charge in [-0.1, -0.05) is 11.6 Å². The Morgan fingerprint density at radius 1 is 1.00 bits per heavy atom. The Balaban J connectivity index is 1.55. The number of carbonyl (C=O) groups excluding carboxylic acids is 1. The fourth-order valence-corrected chi connectivity index (χ4v) is 3.92. The summed E-state index contributed by atoms with van der Waals surface area (Å²) in [5.41, 5.74) is -3.02. The highest BCUT2D eigenvalue weighted by Gasteiger charge is 2.41. The predicted molar refractivity (Wildman–Crippen MR) is 121 cm³/mol. The fraction of sp³-hybridized carbons (Fsp3) is 0.0909. The number of amides is 1. The summed E-state index contributed by atoms with van der Waals surface area (Å²) < 4.78 is 69.9. The van der Waals surface area contributed by atoms with Crippen LogP contribution in [-0.4, -0.2) is 40.6 Å². The number of fused-ring (bicyclic) bond motifs is 1. The van der Waals surface area contributed by atoms with Crippen molar-refractivity contribution < 1.29 is 26.7 Å². The molecule has 5 rings (SSSR count). The maximum absolute atomic E-state index is 14.2. The number of hydrogen-bond donors (Lipinski definition) is 1. The van der Waals surface area contributed by atoms with Crippen molar-refractivity contribution in [2.24, 2.45) is 0 Å². The first-order chi connectivity index (χ1) is 17.6. The van der Waals surface area contributed by atoms with Gasteiger partial charge in [-0.25, -0.2) is 18.4 Å². The molecule has 0 saturated carbocycles. The first-order valence-corrected chi connectivity index (χ1v) is 10.7. The molecule has 15 heteroatoms. The molecule has 9 nitrogen and oxygen atoms in total. The smallest absolute Gasteiger partial charge is 0.320 e. The van der Waals surface area contributed by atoms with Gasteiger partial charge < -0.3 is 5.32 Å².